The third-order valence-electron chi connectivity index (χ3n) is 6.05. The molecule has 0 radical (unpaired) electrons. The zero-order valence-corrected chi connectivity index (χ0v) is 19.4. The van der Waals surface area contributed by atoms with E-state index in [0.29, 0.717) is 23.4 Å². The first-order chi connectivity index (χ1) is 16.0. The molecule has 33 heavy (non-hydrogen) atoms. The summed E-state index contributed by atoms with van der Waals surface area (Å²) in [4.78, 5) is 17.4. The summed E-state index contributed by atoms with van der Waals surface area (Å²) in [6.07, 6.45) is 1.72. The van der Waals surface area contributed by atoms with Crippen molar-refractivity contribution in [2.75, 3.05) is 31.1 Å². The Morgan fingerprint density at radius 3 is 2.45 bits per heavy atom. The van der Waals surface area contributed by atoms with Crippen LogP contribution in [0.2, 0.25) is 0 Å². The van der Waals surface area contributed by atoms with Gasteiger partial charge in [0.1, 0.15) is 17.3 Å². The van der Waals surface area contributed by atoms with Gasteiger partial charge in [0.25, 0.3) is 0 Å². The number of ketones is 1. The molecule has 1 saturated heterocycles. The fraction of sp³-hybridized carbons (Fsp3) is 0.192. The Balaban J connectivity index is 1.33. The molecule has 1 fully saturated rings. The van der Waals surface area contributed by atoms with Gasteiger partial charge in [-0.25, -0.2) is 4.39 Å². The summed E-state index contributed by atoms with van der Waals surface area (Å²) < 4.78 is 20.1. The van der Waals surface area contributed by atoms with Crippen LogP contribution in [0.4, 0.5) is 10.1 Å². The van der Waals surface area contributed by atoms with E-state index >= 15 is 0 Å². The lowest BCUT2D eigenvalue weighted by molar-refractivity contribution is 0.101. The number of nitrogens with zero attached hydrogens (tertiary/aromatic N) is 2. The second-order valence-electron chi connectivity index (χ2n) is 8.14. The van der Waals surface area contributed by atoms with Gasteiger partial charge in [-0.1, -0.05) is 34.1 Å². The molecule has 0 aliphatic carbocycles. The first kappa shape index (κ1) is 21.7. The molecule has 2 aliphatic heterocycles. The SMILES string of the molecule is O=C1/C(=C/c2ccccc2Br)Oc2c1ccc(O)c2CN1CCN(c2ccc(F)cc2)CC1. The monoisotopic (exact) mass is 508 g/mol. The number of rotatable bonds is 4. The molecule has 0 aromatic heterocycles. The maximum atomic E-state index is 13.2. The van der Waals surface area contributed by atoms with Gasteiger partial charge >= 0.3 is 0 Å². The van der Waals surface area contributed by atoms with E-state index in [1.54, 1.807) is 30.3 Å². The second-order valence-corrected chi connectivity index (χ2v) is 9.00. The van der Waals surface area contributed by atoms with Crippen molar-refractivity contribution in [1.29, 1.82) is 0 Å². The van der Waals surface area contributed by atoms with Crippen LogP contribution in [0.15, 0.2) is 70.9 Å². The van der Waals surface area contributed by atoms with Crippen LogP contribution in [0.1, 0.15) is 21.5 Å². The Morgan fingerprint density at radius 1 is 1.00 bits per heavy atom. The summed E-state index contributed by atoms with van der Waals surface area (Å²) in [6.45, 7) is 3.59. The summed E-state index contributed by atoms with van der Waals surface area (Å²) in [7, 11) is 0. The number of aromatic hydroxyl groups is 1. The minimum absolute atomic E-state index is 0.115. The standard InChI is InChI=1S/C26H22BrFN2O3/c27-22-4-2-1-3-17(22)15-24-25(32)20-9-10-23(31)21(26(20)33-24)16-29-11-13-30(14-12-29)19-7-5-18(28)6-8-19/h1-10,15,31H,11-14,16H2/b24-15-. The number of piperazine rings is 1. The molecule has 168 valence electrons. The molecule has 7 heteroatoms. The number of phenolic OH excluding ortho intramolecular Hbond substituents is 1. The number of ether oxygens (including phenoxy) is 1. The number of hydrogen-bond donors (Lipinski definition) is 1. The number of hydrogen-bond acceptors (Lipinski definition) is 5. The number of halogens is 2. The van der Waals surface area contributed by atoms with Crippen molar-refractivity contribution in [3.8, 4) is 11.5 Å². The Labute approximate surface area is 199 Å². The van der Waals surface area contributed by atoms with Crippen molar-refractivity contribution >= 4 is 33.5 Å². The average molecular weight is 509 g/mol. The summed E-state index contributed by atoms with van der Waals surface area (Å²) in [6, 6.07) is 17.3. The molecule has 0 saturated carbocycles. The van der Waals surface area contributed by atoms with Crippen molar-refractivity contribution < 1.29 is 19.0 Å². The van der Waals surface area contributed by atoms with E-state index in [1.807, 2.05) is 24.3 Å². The molecule has 2 aliphatic rings. The molecular formula is C26H22BrFN2O3. The number of anilines is 1. The fourth-order valence-electron chi connectivity index (χ4n) is 4.22. The second kappa shape index (κ2) is 9.00. The van der Waals surface area contributed by atoms with E-state index < -0.39 is 0 Å². The largest absolute Gasteiger partial charge is 0.507 e. The lowest BCUT2D eigenvalue weighted by Gasteiger charge is -2.36. The highest BCUT2D eigenvalue weighted by molar-refractivity contribution is 9.10. The number of fused-ring (bicyclic) bond motifs is 1. The van der Waals surface area contributed by atoms with Crippen molar-refractivity contribution in [2.24, 2.45) is 0 Å². The lowest BCUT2D eigenvalue weighted by atomic mass is 10.0. The van der Waals surface area contributed by atoms with Gasteiger partial charge in [0, 0.05) is 42.9 Å². The zero-order valence-electron chi connectivity index (χ0n) is 17.8. The molecule has 1 N–H and O–H groups in total. The van der Waals surface area contributed by atoms with E-state index in [9.17, 15) is 14.3 Å². The van der Waals surface area contributed by atoms with Gasteiger partial charge in [0.05, 0.1) is 11.1 Å². The van der Waals surface area contributed by atoms with Crippen molar-refractivity contribution in [2.45, 2.75) is 6.54 Å². The summed E-state index contributed by atoms with van der Waals surface area (Å²) in [5.74, 6) is 0.352. The minimum atomic E-state index is -0.242. The number of benzene rings is 3. The van der Waals surface area contributed by atoms with Gasteiger partial charge in [-0.3, -0.25) is 9.69 Å². The van der Waals surface area contributed by atoms with Crippen LogP contribution in [-0.4, -0.2) is 42.0 Å². The molecule has 5 rings (SSSR count). The highest BCUT2D eigenvalue weighted by Crippen LogP contribution is 2.40. The molecule has 5 nitrogen and oxygen atoms in total. The van der Waals surface area contributed by atoms with Crippen molar-refractivity contribution in [1.82, 2.24) is 4.90 Å². The maximum Gasteiger partial charge on any atom is 0.231 e. The molecule has 0 amide bonds. The number of carbonyl (C=O) groups excluding carboxylic acids is 1. The van der Waals surface area contributed by atoms with Crippen LogP contribution < -0.4 is 9.64 Å². The lowest BCUT2D eigenvalue weighted by Crippen LogP contribution is -2.46. The van der Waals surface area contributed by atoms with Crippen LogP contribution in [0.3, 0.4) is 0 Å². The van der Waals surface area contributed by atoms with Gasteiger partial charge in [0.2, 0.25) is 5.78 Å². The Hall–Kier alpha value is -3.16. The van der Waals surface area contributed by atoms with E-state index in [1.165, 1.54) is 12.1 Å². The summed E-state index contributed by atoms with van der Waals surface area (Å²) in [5, 5.41) is 10.6. The Kier molecular flexibility index (Phi) is 5.91. The molecule has 0 spiro atoms. The molecule has 2 heterocycles. The molecule has 0 bridgehead atoms. The van der Waals surface area contributed by atoms with Crippen LogP contribution >= 0.6 is 15.9 Å². The number of phenols is 1. The number of allylic oxidation sites excluding steroid dienone is 1. The third kappa shape index (κ3) is 4.38. The van der Waals surface area contributed by atoms with E-state index in [2.05, 4.69) is 25.7 Å². The molecule has 0 unspecified atom stereocenters. The van der Waals surface area contributed by atoms with Crippen molar-refractivity contribution in [3.63, 3.8) is 0 Å². The van der Waals surface area contributed by atoms with Gasteiger partial charge in [-0.05, 0) is 54.1 Å². The van der Waals surface area contributed by atoms with Crippen LogP contribution in [0.25, 0.3) is 6.08 Å². The number of Topliss-reactive ketones (excluding diaryl/α,β-unsaturated/α-hetero) is 1. The average Bonchev–Trinajstić information content (AvgIpc) is 3.14. The first-order valence-electron chi connectivity index (χ1n) is 10.8. The van der Waals surface area contributed by atoms with Gasteiger partial charge < -0.3 is 14.7 Å². The Bertz CT molecular complexity index is 1230. The molecular weight excluding hydrogens is 487 g/mol. The summed E-state index contributed by atoms with van der Waals surface area (Å²) in [5.41, 5.74) is 2.92. The normalized spacial score (nSPS) is 17.3. The Morgan fingerprint density at radius 2 is 1.73 bits per heavy atom. The first-order valence-corrected chi connectivity index (χ1v) is 11.6. The van der Waals surface area contributed by atoms with Crippen LogP contribution in [0.5, 0.6) is 11.5 Å². The van der Waals surface area contributed by atoms with E-state index in [0.717, 1.165) is 41.9 Å². The number of carbonyl (C=O) groups is 1. The topological polar surface area (TPSA) is 53.0 Å². The smallest absolute Gasteiger partial charge is 0.231 e. The summed E-state index contributed by atoms with van der Waals surface area (Å²) >= 11 is 3.50. The maximum absolute atomic E-state index is 13.2. The quantitative estimate of drug-likeness (QED) is 0.489. The van der Waals surface area contributed by atoms with Crippen LogP contribution in [-0.2, 0) is 6.54 Å². The predicted octanol–water partition coefficient (Wildman–Crippen LogP) is 5.23. The molecule has 3 aromatic carbocycles. The van der Waals surface area contributed by atoms with Crippen LogP contribution in [0, 0.1) is 5.82 Å². The van der Waals surface area contributed by atoms with E-state index in [4.69, 9.17) is 4.74 Å². The molecule has 3 aromatic rings. The molecule has 0 atom stereocenters. The zero-order chi connectivity index (χ0) is 22.9. The predicted molar refractivity (Wildman–Crippen MR) is 129 cm³/mol. The third-order valence-corrected chi connectivity index (χ3v) is 6.78. The van der Waals surface area contributed by atoms with Gasteiger partial charge in [-0.2, -0.15) is 0 Å². The van der Waals surface area contributed by atoms with Gasteiger partial charge in [-0.15, -0.1) is 0 Å². The van der Waals surface area contributed by atoms with Crippen molar-refractivity contribution in [3.05, 3.63) is 93.4 Å². The fourth-order valence-corrected chi connectivity index (χ4v) is 4.62. The minimum Gasteiger partial charge on any atom is -0.507 e. The highest BCUT2D eigenvalue weighted by Gasteiger charge is 2.32. The highest BCUT2D eigenvalue weighted by atomic mass is 79.9. The van der Waals surface area contributed by atoms with Gasteiger partial charge in [0.15, 0.2) is 5.76 Å². The van der Waals surface area contributed by atoms with E-state index in [-0.39, 0.29) is 23.1 Å².